The number of amides is 1. The lowest BCUT2D eigenvalue weighted by Crippen LogP contribution is -2.50. The van der Waals surface area contributed by atoms with Gasteiger partial charge in [-0.15, -0.1) is 0 Å². The molecule has 2 aromatic carbocycles. The van der Waals surface area contributed by atoms with Crippen LogP contribution in [-0.4, -0.2) is 54.9 Å². The van der Waals surface area contributed by atoms with E-state index >= 15 is 0 Å². The lowest BCUT2D eigenvalue weighted by Gasteiger charge is -2.38. The molecule has 0 saturated carbocycles. The van der Waals surface area contributed by atoms with Crippen LogP contribution in [0.5, 0.6) is 5.75 Å². The molecule has 1 amide bonds. The highest BCUT2D eigenvalue weighted by Gasteiger charge is 2.47. The van der Waals surface area contributed by atoms with Crippen LogP contribution >= 0.6 is 0 Å². The number of methoxy groups -OCH3 is 1. The molecule has 0 fully saturated rings. The number of carbonyl (C=O) groups excluding carboxylic acids is 2. The molecule has 34 heavy (non-hydrogen) atoms. The first-order valence-electron chi connectivity index (χ1n) is 11.8. The monoisotopic (exact) mass is 465 g/mol. The van der Waals surface area contributed by atoms with Gasteiger partial charge in [0.1, 0.15) is 5.75 Å². The van der Waals surface area contributed by atoms with E-state index in [2.05, 4.69) is 6.92 Å². The van der Waals surface area contributed by atoms with Gasteiger partial charge in [0, 0.05) is 20.3 Å². The standard InChI is InChI=1S/C26H31N3O5/c1-4-16-34-19-13-11-18(12-14-19)23-22(25(31)33-5-2)24(30)28(15-8-17-32-3)26-27-20-9-6-7-10-21(20)29(23)26/h6-7,9-14,22-23H,4-5,8,15-17H2,1-3H3/t22-,23-/m0/s1. The van der Waals surface area contributed by atoms with Crippen molar-refractivity contribution in [1.29, 1.82) is 0 Å². The molecule has 1 aliphatic rings. The zero-order valence-electron chi connectivity index (χ0n) is 19.9. The molecule has 3 aromatic rings. The van der Waals surface area contributed by atoms with Crippen LogP contribution in [-0.2, 0) is 19.1 Å². The fraction of sp³-hybridized carbons (Fsp3) is 0.423. The molecular weight excluding hydrogens is 434 g/mol. The minimum absolute atomic E-state index is 0.195. The Morgan fingerprint density at radius 2 is 1.82 bits per heavy atom. The number of hydrogen-bond donors (Lipinski definition) is 0. The van der Waals surface area contributed by atoms with Crippen molar-refractivity contribution in [2.45, 2.75) is 32.7 Å². The predicted octanol–water partition coefficient (Wildman–Crippen LogP) is 3.98. The maximum atomic E-state index is 13.8. The van der Waals surface area contributed by atoms with E-state index in [9.17, 15) is 9.59 Å². The molecule has 8 heteroatoms. The number of rotatable bonds is 10. The highest BCUT2D eigenvalue weighted by atomic mass is 16.5. The Morgan fingerprint density at radius 1 is 1.06 bits per heavy atom. The summed E-state index contributed by atoms with van der Waals surface area (Å²) in [6.45, 7) is 5.50. The number of imidazole rings is 1. The van der Waals surface area contributed by atoms with E-state index in [-0.39, 0.29) is 12.5 Å². The van der Waals surface area contributed by atoms with Crippen molar-refractivity contribution in [2.75, 3.05) is 38.4 Å². The number of esters is 1. The molecule has 2 atom stereocenters. The first kappa shape index (κ1) is 23.8. The first-order valence-corrected chi connectivity index (χ1v) is 11.8. The van der Waals surface area contributed by atoms with Gasteiger partial charge in [-0.25, -0.2) is 4.98 Å². The summed E-state index contributed by atoms with van der Waals surface area (Å²) in [5.74, 6) is -0.607. The van der Waals surface area contributed by atoms with Gasteiger partial charge in [-0.3, -0.25) is 14.5 Å². The molecule has 1 aromatic heterocycles. The van der Waals surface area contributed by atoms with Crippen LogP contribution in [0.2, 0.25) is 0 Å². The number of fused-ring (bicyclic) bond motifs is 3. The molecule has 180 valence electrons. The normalized spacial score (nSPS) is 17.6. The van der Waals surface area contributed by atoms with Crippen molar-refractivity contribution >= 4 is 28.9 Å². The third-order valence-electron chi connectivity index (χ3n) is 5.91. The predicted molar refractivity (Wildman–Crippen MR) is 129 cm³/mol. The Kier molecular flexibility index (Phi) is 7.47. The SMILES string of the molecule is CCCOc1ccc([C@H]2[C@H](C(=O)OCC)C(=O)N(CCCOC)c3nc4ccccc4n32)cc1. The highest BCUT2D eigenvalue weighted by molar-refractivity contribution is 6.08. The maximum absolute atomic E-state index is 13.8. The molecule has 0 N–H and O–H groups in total. The van der Waals surface area contributed by atoms with Crippen molar-refractivity contribution < 1.29 is 23.8 Å². The minimum atomic E-state index is -1.03. The second-order valence-corrected chi connectivity index (χ2v) is 8.20. The maximum Gasteiger partial charge on any atom is 0.321 e. The van der Waals surface area contributed by atoms with Crippen molar-refractivity contribution in [3.8, 4) is 5.75 Å². The van der Waals surface area contributed by atoms with Crippen molar-refractivity contribution in [1.82, 2.24) is 9.55 Å². The number of benzene rings is 2. The van der Waals surface area contributed by atoms with E-state index in [0.29, 0.717) is 32.1 Å². The first-order chi connectivity index (χ1) is 16.6. The van der Waals surface area contributed by atoms with E-state index < -0.39 is 17.9 Å². The lowest BCUT2D eigenvalue weighted by atomic mass is 9.89. The molecular formula is C26H31N3O5. The Morgan fingerprint density at radius 3 is 2.53 bits per heavy atom. The van der Waals surface area contributed by atoms with Gasteiger partial charge in [-0.1, -0.05) is 31.2 Å². The second-order valence-electron chi connectivity index (χ2n) is 8.20. The van der Waals surface area contributed by atoms with Gasteiger partial charge in [-0.2, -0.15) is 0 Å². The Bertz CT molecular complexity index is 1140. The number of aromatic nitrogens is 2. The summed E-state index contributed by atoms with van der Waals surface area (Å²) in [6, 6.07) is 14.7. The molecule has 0 aliphatic carbocycles. The molecule has 0 saturated heterocycles. The Balaban J connectivity index is 1.86. The summed E-state index contributed by atoms with van der Waals surface area (Å²) >= 11 is 0. The van der Waals surface area contributed by atoms with Gasteiger partial charge in [0.05, 0.1) is 30.3 Å². The summed E-state index contributed by atoms with van der Waals surface area (Å²) in [7, 11) is 1.62. The number of para-hydroxylation sites is 2. The van der Waals surface area contributed by atoms with Gasteiger partial charge in [0.15, 0.2) is 5.92 Å². The van der Waals surface area contributed by atoms with Crippen LogP contribution < -0.4 is 9.64 Å². The van der Waals surface area contributed by atoms with Crippen LogP contribution in [0.15, 0.2) is 48.5 Å². The average molecular weight is 466 g/mol. The van der Waals surface area contributed by atoms with Crippen LogP contribution in [0.3, 0.4) is 0 Å². The summed E-state index contributed by atoms with van der Waals surface area (Å²) in [5, 5.41) is 0. The Hall–Kier alpha value is -3.39. The minimum Gasteiger partial charge on any atom is -0.494 e. The van der Waals surface area contributed by atoms with Crippen LogP contribution in [0.1, 0.15) is 38.3 Å². The number of carbonyl (C=O) groups is 2. The molecule has 4 rings (SSSR count). The van der Waals surface area contributed by atoms with E-state index in [1.54, 1.807) is 18.9 Å². The summed E-state index contributed by atoms with van der Waals surface area (Å²) in [4.78, 5) is 33.3. The zero-order chi connectivity index (χ0) is 24.1. The topological polar surface area (TPSA) is 82.9 Å². The summed E-state index contributed by atoms with van der Waals surface area (Å²) in [5.41, 5.74) is 2.43. The molecule has 2 heterocycles. The average Bonchev–Trinajstić information content (AvgIpc) is 3.23. The van der Waals surface area contributed by atoms with Crippen molar-refractivity contribution in [3.05, 3.63) is 54.1 Å². The van der Waals surface area contributed by atoms with Gasteiger partial charge >= 0.3 is 5.97 Å². The molecule has 0 bridgehead atoms. The van der Waals surface area contributed by atoms with E-state index in [0.717, 1.165) is 28.8 Å². The van der Waals surface area contributed by atoms with E-state index in [1.165, 1.54) is 0 Å². The fourth-order valence-corrected chi connectivity index (χ4v) is 4.41. The number of nitrogens with zero attached hydrogens (tertiary/aromatic N) is 3. The van der Waals surface area contributed by atoms with Crippen LogP contribution in [0.4, 0.5) is 5.95 Å². The van der Waals surface area contributed by atoms with Crippen molar-refractivity contribution in [2.24, 2.45) is 5.92 Å². The van der Waals surface area contributed by atoms with Crippen LogP contribution in [0, 0.1) is 5.92 Å². The van der Waals surface area contributed by atoms with Gasteiger partial charge < -0.3 is 18.8 Å². The second kappa shape index (κ2) is 10.7. The third kappa shape index (κ3) is 4.50. The number of anilines is 1. The van der Waals surface area contributed by atoms with E-state index in [4.69, 9.17) is 19.2 Å². The van der Waals surface area contributed by atoms with Gasteiger partial charge in [0.2, 0.25) is 11.9 Å². The third-order valence-corrected chi connectivity index (χ3v) is 5.91. The molecule has 0 radical (unpaired) electrons. The van der Waals surface area contributed by atoms with Gasteiger partial charge in [-0.05, 0) is 49.6 Å². The smallest absolute Gasteiger partial charge is 0.321 e. The van der Waals surface area contributed by atoms with Gasteiger partial charge in [0.25, 0.3) is 0 Å². The van der Waals surface area contributed by atoms with Crippen molar-refractivity contribution in [3.63, 3.8) is 0 Å². The molecule has 0 unspecified atom stereocenters. The number of ether oxygens (including phenoxy) is 3. The highest BCUT2D eigenvalue weighted by Crippen LogP contribution is 2.41. The lowest BCUT2D eigenvalue weighted by molar-refractivity contribution is -0.153. The fourth-order valence-electron chi connectivity index (χ4n) is 4.41. The largest absolute Gasteiger partial charge is 0.494 e. The van der Waals surface area contributed by atoms with Crippen LogP contribution in [0.25, 0.3) is 11.0 Å². The summed E-state index contributed by atoms with van der Waals surface area (Å²) in [6.07, 6.45) is 1.53. The number of hydrogen-bond acceptors (Lipinski definition) is 6. The Labute approximate surface area is 199 Å². The quantitative estimate of drug-likeness (QED) is 0.256. The molecule has 8 nitrogen and oxygen atoms in total. The zero-order valence-corrected chi connectivity index (χ0v) is 19.9. The molecule has 1 aliphatic heterocycles. The van der Waals surface area contributed by atoms with E-state index in [1.807, 2.05) is 53.1 Å². The molecule has 0 spiro atoms. The summed E-state index contributed by atoms with van der Waals surface area (Å²) < 4.78 is 18.3.